The zero-order valence-electron chi connectivity index (χ0n) is 10.8. The van der Waals surface area contributed by atoms with Gasteiger partial charge in [-0.15, -0.1) is 0 Å². The topological polar surface area (TPSA) is 134 Å². The van der Waals surface area contributed by atoms with Crippen molar-refractivity contribution in [2.75, 3.05) is 13.7 Å². The maximum Gasteiger partial charge on any atom is 0.340 e. The van der Waals surface area contributed by atoms with Crippen molar-refractivity contribution in [3.63, 3.8) is 0 Å². The molecule has 0 heterocycles. The average Bonchev–Trinajstić information content (AvgIpc) is 2.34. The lowest BCUT2D eigenvalue weighted by Gasteiger charge is -2.14. The number of aromatic hydroxyl groups is 3. The molecule has 8 nitrogen and oxygen atoms in total. The summed E-state index contributed by atoms with van der Waals surface area (Å²) < 4.78 is 9.64. The van der Waals surface area contributed by atoms with E-state index in [4.69, 9.17) is 14.6 Å². The molecule has 0 radical (unpaired) electrons. The number of phenolic OH excluding ortho intramolecular Hbond substituents is 2. The predicted molar refractivity (Wildman–Crippen MR) is 65.1 cm³/mol. The Labute approximate surface area is 113 Å². The molecular formula is C12H14O8. The molecule has 0 aliphatic heterocycles. The number of phenols is 3. The van der Waals surface area contributed by atoms with E-state index in [1.807, 2.05) is 0 Å². The predicted octanol–water partition coefficient (Wildman–Crippen LogP) is 0.693. The first-order chi connectivity index (χ1) is 9.29. The first-order valence-corrected chi connectivity index (χ1v) is 5.50. The Morgan fingerprint density at radius 2 is 1.85 bits per heavy atom. The van der Waals surface area contributed by atoms with Crippen LogP contribution in [0.1, 0.15) is 27.6 Å². The lowest BCUT2D eigenvalue weighted by molar-refractivity contribution is 0.0116. The van der Waals surface area contributed by atoms with E-state index >= 15 is 0 Å². The second-order valence-corrected chi connectivity index (χ2v) is 3.99. The van der Waals surface area contributed by atoms with Crippen molar-refractivity contribution in [1.82, 2.24) is 0 Å². The molecule has 8 heteroatoms. The van der Waals surface area contributed by atoms with E-state index in [1.54, 1.807) is 0 Å². The van der Waals surface area contributed by atoms with Gasteiger partial charge < -0.3 is 29.9 Å². The molecule has 0 spiro atoms. The molecule has 20 heavy (non-hydrogen) atoms. The van der Waals surface area contributed by atoms with Crippen LogP contribution in [0.5, 0.6) is 17.2 Å². The van der Waals surface area contributed by atoms with Gasteiger partial charge in [-0.25, -0.2) is 9.59 Å². The van der Waals surface area contributed by atoms with Crippen LogP contribution in [0.4, 0.5) is 0 Å². The number of carboxylic acid groups (broad SMARTS) is 1. The van der Waals surface area contributed by atoms with E-state index < -0.39 is 46.4 Å². The fourth-order valence-electron chi connectivity index (χ4n) is 1.54. The number of benzene rings is 1. The highest BCUT2D eigenvalue weighted by atomic mass is 16.6. The summed E-state index contributed by atoms with van der Waals surface area (Å²) in [5.74, 6) is -5.69. The summed E-state index contributed by atoms with van der Waals surface area (Å²) in [5, 5.41) is 37.1. The molecule has 1 aromatic carbocycles. The van der Waals surface area contributed by atoms with Crippen molar-refractivity contribution in [1.29, 1.82) is 0 Å². The number of methoxy groups -OCH3 is 1. The molecular weight excluding hydrogens is 272 g/mol. The molecule has 0 aliphatic rings. The highest BCUT2D eigenvalue weighted by Crippen LogP contribution is 2.39. The molecule has 1 aromatic rings. The van der Waals surface area contributed by atoms with Crippen molar-refractivity contribution < 1.29 is 39.5 Å². The van der Waals surface area contributed by atoms with Gasteiger partial charge in [0.05, 0.1) is 12.2 Å². The van der Waals surface area contributed by atoms with Gasteiger partial charge >= 0.3 is 11.9 Å². The number of rotatable bonds is 5. The Morgan fingerprint density at radius 3 is 2.35 bits per heavy atom. The molecule has 0 saturated heterocycles. The second-order valence-electron chi connectivity index (χ2n) is 3.99. The molecule has 0 aliphatic carbocycles. The van der Waals surface area contributed by atoms with Gasteiger partial charge in [-0.05, 0) is 13.0 Å². The largest absolute Gasteiger partial charge is 0.504 e. The van der Waals surface area contributed by atoms with E-state index in [2.05, 4.69) is 0 Å². The quantitative estimate of drug-likeness (QED) is 0.459. The van der Waals surface area contributed by atoms with Gasteiger partial charge in [0, 0.05) is 7.11 Å². The van der Waals surface area contributed by atoms with E-state index in [-0.39, 0.29) is 6.61 Å². The molecule has 0 amide bonds. The lowest BCUT2D eigenvalue weighted by atomic mass is 10.0. The van der Waals surface area contributed by atoms with Crippen LogP contribution in [-0.2, 0) is 9.47 Å². The van der Waals surface area contributed by atoms with Crippen LogP contribution in [0.2, 0.25) is 0 Å². The van der Waals surface area contributed by atoms with Gasteiger partial charge in [-0.2, -0.15) is 0 Å². The van der Waals surface area contributed by atoms with Gasteiger partial charge in [0.15, 0.2) is 11.5 Å². The average molecular weight is 286 g/mol. The summed E-state index contributed by atoms with van der Waals surface area (Å²) in [5.41, 5.74) is -1.43. The summed E-state index contributed by atoms with van der Waals surface area (Å²) in [4.78, 5) is 22.9. The van der Waals surface area contributed by atoms with Gasteiger partial charge in [-0.1, -0.05) is 0 Å². The summed E-state index contributed by atoms with van der Waals surface area (Å²) >= 11 is 0. The van der Waals surface area contributed by atoms with E-state index in [0.717, 1.165) is 0 Å². The maximum atomic E-state index is 11.8. The maximum absolute atomic E-state index is 11.8. The van der Waals surface area contributed by atoms with E-state index in [0.29, 0.717) is 6.07 Å². The molecule has 0 saturated carbocycles. The molecule has 1 rings (SSSR count). The Morgan fingerprint density at radius 1 is 1.25 bits per heavy atom. The lowest BCUT2D eigenvalue weighted by Crippen LogP contribution is -2.21. The number of aromatic carboxylic acids is 1. The monoisotopic (exact) mass is 286 g/mol. The number of ether oxygens (including phenoxy) is 2. The van der Waals surface area contributed by atoms with Crippen molar-refractivity contribution in [3.05, 3.63) is 17.2 Å². The van der Waals surface area contributed by atoms with Crippen LogP contribution < -0.4 is 0 Å². The Kier molecular flexibility index (Phi) is 4.76. The minimum absolute atomic E-state index is 0.0875. The van der Waals surface area contributed by atoms with Crippen LogP contribution in [0.3, 0.4) is 0 Å². The minimum atomic E-state index is -1.65. The SMILES string of the molecule is COCC(C)OC(=O)c1cc(O)c(O)c(O)c1C(=O)O. The molecule has 1 atom stereocenters. The normalized spacial score (nSPS) is 11.9. The smallest absolute Gasteiger partial charge is 0.340 e. The third kappa shape index (κ3) is 3.09. The zero-order valence-corrected chi connectivity index (χ0v) is 10.8. The van der Waals surface area contributed by atoms with Crippen molar-refractivity contribution >= 4 is 11.9 Å². The second kappa shape index (κ2) is 6.11. The number of carbonyl (C=O) groups is 2. The van der Waals surface area contributed by atoms with E-state index in [1.165, 1.54) is 14.0 Å². The highest BCUT2D eigenvalue weighted by Gasteiger charge is 2.27. The first kappa shape index (κ1) is 15.6. The van der Waals surface area contributed by atoms with Gasteiger partial charge in [0.1, 0.15) is 11.7 Å². The number of carbonyl (C=O) groups excluding carboxylic acids is 1. The molecule has 4 N–H and O–H groups in total. The summed E-state index contributed by atoms with van der Waals surface area (Å²) in [6.45, 7) is 1.60. The number of esters is 1. The van der Waals surface area contributed by atoms with Crippen LogP contribution in [0.15, 0.2) is 6.07 Å². The number of hydrogen-bond acceptors (Lipinski definition) is 7. The van der Waals surface area contributed by atoms with Crippen molar-refractivity contribution in [3.8, 4) is 17.2 Å². The Hall–Kier alpha value is -2.48. The first-order valence-electron chi connectivity index (χ1n) is 5.50. The van der Waals surface area contributed by atoms with Crippen LogP contribution in [0, 0.1) is 0 Å². The molecule has 0 bridgehead atoms. The standard InChI is InChI=1S/C12H14O8/c1-5(4-19-2)20-12(18)6-3-7(13)9(14)10(15)8(6)11(16)17/h3,5,13-15H,4H2,1-2H3,(H,16,17). The third-order valence-corrected chi connectivity index (χ3v) is 2.40. The third-order valence-electron chi connectivity index (χ3n) is 2.40. The molecule has 0 aromatic heterocycles. The van der Waals surface area contributed by atoms with Crippen molar-refractivity contribution in [2.45, 2.75) is 13.0 Å². The summed E-state index contributed by atoms with van der Waals surface area (Å²) in [7, 11) is 1.39. The zero-order chi connectivity index (χ0) is 15.4. The molecule has 110 valence electrons. The van der Waals surface area contributed by atoms with Gasteiger partial charge in [-0.3, -0.25) is 0 Å². The Bertz CT molecular complexity index is 537. The fourth-order valence-corrected chi connectivity index (χ4v) is 1.54. The van der Waals surface area contributed by atoms with Crippen LogP contribution in [0.25, 0.3) is 0 Å². The van der Waals surface area contributed by atoms with Gasteiger partial charge in [0.2, 0.25) is 5.75 Å². The molecule has 0 fully saturated rings. The number of carboxylic acids is 1. The Balaban J connectivity index is 3.23. The van der Waals surface area contributed by atoms with E-state index in [9.17, 15) is 24.9 Å². The highest BCUT2D eigenvalue weighted by molar-refractivity contribution is 6.05. The van der Waals surface area contributed by atoms with Crippen molar-refractivity contribution in [2.24, 2.45) is 0 Å². The molecule has 1 unspecified atom stereocenters. The minimum Gasteiger partial charge on any atom is -0.504 e. The summed E-state index contributed by atoms with van der Waals surface area (Å²) in [6, 6.07) is 0.709. The van der Waals surface area contributed by atoms with Crippen LogP contribution >= 0.6 is 0 Å². The fraction of sp³-hybridized carbons (Fsp3) is 0.333. The van der Waals surface area contributed by atoms with Gasteiger partial charge in [0.25, 0.3) is 0 Å². The van der Waals surface area contributed by atoms with Crippen LogP contribution in [-0.4, -0.2) is 52.2 Å². The summed E-state index contributed by atoms with van der Waals surface area (Å²) in [6.07, 6.45) is -0.660. The number of hydrogen-bond donors (Lipinski definition) is 4.